The highest BCUT2D eigenvalue weighted by molar-refractivity contribution is 7.89. The molecule has 0 saturated heterocycles. The van der Waals surface area contributed by atoms with Crippen LogP contribution in [0.4, 0.5) is 17.6 Å². The minimum Gasteiger partial charge on any atom is -0.493 e. The van der Waals surface area contributed by atoms with Crippen LogP contribution in [0.5, 0.6) is 11.5 Å². The summed E-state index contributed by atoms with van der Waals surface area (Å²) in [6.45, 7) is -3.06. The Morgan fingerprint density at radius 1 is 1.04 bits per heavy atom. The summed E-state index contributed by atoms with van der Waals surface area (Å²) in [4.78, 5) is -0.408. The normalized spacial score (nSPS) is 11.6. The van der Waals surface area contributed by atoms with E-state index in [9.17, 15) is 26.0 Å². The van der Waals surface area contributed by atoms with E-state index in [1.165, 1.54) is 25.3 Å². The van der Waals surface area contributed by atoms with Crippen LogP contribution < -0.4 is 14.2 Å². The monoisotopic (exact) mass is 393 g/mol. The molecule has 0 heterocycles. The van der Waals surface area contributed by atoms with Crippen LogP contribution in [-0.4, -0.2) is 28.7 Å². The fourth-order valence-electron chi connectivity index (χ4n) is 2.12. The van der Waals surface area contributed by atoms with Crippen molar-refractivity contribution < 1.29 is 35.5 Å². The first-order valence-electron chi connectivity index (χ1n) is 7.29. The lowest BCUT2D eigenvalue weighted by Gasteiger charge is -2.12. The Bertz CT molecular complexity index is 875. The van der Waals surface area contributed by atoms with E-state index in [1.807, 2.05) is 0 Å². The van der Waals surface area contributed by atoms with E-state index in [4.69, 9.17) is 4.74 Å². The van der Waals surface area contributed by atoms with Crippen molar-refractivity contribution >= 4 is 10.0 Å². The minimum atomic E-state index is -4.02. The van der Waals surface area contributed by atoms with Crippen LogP contribution in [0.2, 0.25) is 0 Å². The van der Waals surface area contributed by atoms with Gasteiger partial charge in [0.1, 0.15) is 0 Å². The molecule has 0 aliphatic heterocycles. The fourth-order valence-corrected chi connectivity index (χ4v) is 3.16. The van der Waals surface area contributed by atoms with E-state index >= 15 is 0 Å². The highest BCUT2D eigenvalue weighted by Crippen LogP contribution is 2.29. The predicted molar refractivity (Wildman–Crippen MR) is 84.9 cm³/mol. The Morgan fingerprint density at radius 2 is 1.77 bits per heavy atom. The molecule has 0 aliphatic rings. The average Bonchev–Trinajstić information content (AvgIpc) is 2.57. The molecule has 0 unspecified atom stereocenters. The van der Waals surface area contributed by atoms with Crippen LogP contribution >= 0.6 is 0 Å². The van der Waals surface area contributed by atoms with E-state index < -0.39 is 33.2 Å². The summed E-state index contributed by atoms with van der Waals surface area (Å²) in [6, 6.07) is 6.44. The third-order valence-corrected chi connectivity index (χ3v) is 4.81. The van der Waals surface area contributed by atoms with Crippen LogP contribution in [0.3, 0.4) is 0 Å². The fraction of sp³-hybridized carbons (Fsp3) is 0.250. The van der Waals surface area contributed by atoms with Gasteiger partial charge in [0.15, 0.2) is 23.1 Å². The molecule has 0 saturated carbocycles. The maximum Gasteiger partial charge on any atom is 0.387 e. The Labute approximate surface area is 147 Å². The molecule has 2 aromatic carbocycles. The molecule has 1 N–H and O–H groups in total. The van der Waals surface area contributed by atoms with Crippen molar-refractivity contribution in [3.63, 3.8) is 0 Å². The van der Waals surface area contributed by atoms with Crippen LogP contribution in [0.25, 0.3) is 0 Å². The standard InChI is InChI=1S/C16H15F4NO4S/c1-24-15-8-10(2-5-14(15)25-16(19)20)6-7-21-26(22,23)11-3-4-12(17)13(18)9-11/h2-5,8-9,16,21H,6-7H2,1H3. The topological polar surface area (TPSA) is 64.6 Å². The van der Waals surface area contributed by atoms with E-state index in [1.54, 1.807) is 0 Å². The number of hydrogen-bond donors (Lipinski definition) is 1. The van der Waals surface area contributed by atoms with Gasteiger partial charge in [0, 0.05) is 6.54 Å². The lowest BCUT2D eigenvalue weighted by atomic mass is 10.1. The number of alkyl halides is 2. The molecule has 0 atom stereocenters. The van der Waals surface area contributed by atoms with Gasteiger partial charge in [-0.1, -0.05) is 6.07 Å². The molecule has 2 aromatic rings. The average molecular weight is 393 g/mol. The summed E-state index contributed by atoms with van der Waals surface area (Å²) in [5, 5.41) is 0. The zero-order valence-corrected chi connectivity index (χ0v) is 14.3. The molecule has 0 spiro atoms. The number of rotatable bonds is 8. The summed E-state index contributed by atoms with van der Waals surface area (Å²) in [5.74, 6) is -2.49. The van der Waals surface area contributed by atoms with Crippen LogP contribution in [-0.2, 0) is 16.4 Å². The molecular formula is C16H15F4NO4S. The molecule has 0 fully saturated rings. The number of methoxy groups -OCH3 is 1. The number of hydrogen-bond acceptors (Lipinski definition) is 4. The summed E-state index contributed by atoms with van der Waals surface area (Å²) in [7, 11) is -2.74. The number of sulfonamides is 1. The lowest BCUT2D eigenvalue weighted by molar-refractivity contribution is -0.0512. The largest absolute Gasteiger partial charge is 0.493 e. The second kappa shape index (κ2) is 8.37. The highest BCUT2D eigenvalue weighted by atomic mass is 32.2. The zero-order valence-electron chi connectivity index (χ0n) is 13.5. The van der Waals surface area contributed by atoms with Crippen molar-refractivity contribution in [2.45, 2.75) is 17.9 Å². The van der Waals surface area contributed by atoms with Gasteiger partial charge in [-0.15, -0.1) is 0 Å². The number of benzene rings is 2. The van der Waals surface area contributed by atoms with E-state index in [2.05, 4.69) is 9.46 Å². The molecule has 0 aliphatic carbocycles. The minimum absolute atomic E-state index is 0.0560. The Balaban J connectivity index is 2.03. The summed E-state index contributed by atoms with van der Waals surface area (Å²) in [5.41, 5.74) is 0.594. The van der Waals surface area contributed by atoms with Crippen LogP contribution in [0.1, 0.15) is 5.56 Å². The second-order valence-corrected chi connectivity index (χ2v) is 6.85. The predicted octanol–water partition coefficient (Wildman–Crippen LogP) is 3.10. The van der Waals surface area contributed by atoms with Gasteiger partial charge in [-0.05, 0) is 42.3 Å². The highest BCUT2D eigenvalue weighted by Gasteiger charge is 2.16. The molecule has 2 rings (SSSR count). The van der Waals surface area contributed by atoms with E-state index in [-0.39, 0.29) is 24.5 Å². The quantitative estimate of drug-likeness (QED) is 0.700. The number of ether oxygens (including phenoxy) is 2. The van der Waals surface area contributed by atoms with Gasteiger partial charge in [0.2, 0.25) is 10.0 Å². The maximum atomic E-state index is 13.2. The Kier molecular flexibility index (Phi) is 6.43. The SMILES string of the molecule is COc1cc(CCNS(=O)(=O)c2ccc(F)c(F)c2)ccc1OC(F)F. The lowest BCUT2D eigenvalue weighted by Crippen LogP contribution is -2.26. The third-order valence-electron chi connectivity index (χ3n) is 3.35. The van der Waals surface area contributed by atoms with Gasteiger partial charge in [0.05, 0.1) is 12.0 Å². The first-order chi connectivity index (χ1) is 12.2. The summed E-state index contributed by atoms with van der Waals surface area (Å²) >= 11 is 0. The molecular weight excluding hydrogens is 378 g/mol. The van der Waals surface area contributed by atoms with Gasteiger partial charge < -0.3 is 9.47 Å². The molecule has 0 bridgehead atoms. The third kappa shape index (κ3) is 5.09. The van der Waals surface area contributed by atoms with Crippen molar-refractivity contribution in [2.24, 2.45) is 0 Å². The maximum absolute atomic E-state index is 13.2. The van der Waals surface area contributed by atoms with Gasteiger partial charge >= 0.3 is 6.61 Å². The molecule has 142 valence electrons. The van der Waals surface area contributed by atoms with Crippen molar-refractivity contribution in [1.82, 2.24) is 4.72 Å². The van der Waals surface area contributed by atoms with E-state index in [0.29, 0.717) is 11.6 Å². The summed E-state index contributed by atoms with van der Waals surface area (Å²) < 4.78 is 86.2. The van der Waals surface area contributed by atoms with Gasteiger partial charge in [-0.25, -0.2) is 21.9 Å². The molecule has 10 heteroatoms. The van der Waals surface area contributed by atoms with Crippen molar-refractivity contribution in [3.05, 3.63) is 53.6 Å². The number of halogens is 4. The van der Waals surface area contributed by atoms with Gasteiger partial charge in [0.25, 0.3) is 0 Å². The van der Waals surface area contributed by atoms with Crippen LogP contribution in [0, 0.1) is 11.6 Å². The first kappa shape index (κ1) is 20.0. The molecule has 0 radical (unpaired) electrons. The Morgan fingerprint density at radius 3 is 2.38 bits per heavy atom. The molecule has 0 amide bonds. The Hall–Kier alpha value is -2.33. The molecule has 0 aromatic heterocycles. The molecule has 26 heavy (non-hydrogen) atoms. The van der Waals surface area contributed by atoms with Crippen molar-refractivity contribution in [3.8, 4) is 11.5 Å². The smallest absolute Gasteiger partial charge is 0.387 e. The van der Waals surface area contributed by atoms with Crippen molar-refractivity contribution in [2.75, 3.05) is 13.7 Å². The summed E-state index contributed by atoms with van der Waals surface area (Å²) in [6.07, 6.45) is 0.203. The molecule has 5 nitrogen and oxygen atoms in total. The van der Waals surface area contributed by atoms with Gasteiger partial charge in [-0.3, -0.25) is 0 Å². The van der Waals surface area contributed by atoms with Gasteiger partial charge in [-0.2, -0.15) is 8.78 Å². The van der Waals surface area contributed by atoms with Crippen molar-refractivity contribution in [1.29, 1.82) is 0 Å². The second-order valence-electron chi connectivity index (χ2n) is 5.09. The zero-order chi connectivity index (χ0) is 19.3. The first-order valence-corrected chi connectivity index (χ1v) is 8.77. The van der Waals surface area contributed by atoms with Crippen LogP contribution in [0.15, 0.2) is 41.3 Å². The van der Waals surface area contributed by atoms with E-state index in [0.717, 1.165) is 12.1 Å². The number of nitrogens with one attached hydrogen (secondary N) is 1.